The Hall–Kier alpha value is 0.300. The van der Waals surface area contributed by atoms with Gasteiger partial charge in [0.05, 0.1) is 10.0 Å². The Morgan fingerprint density at radius 2 is 1.77 bits per heavy atom. The third kappa shape index (κ3) is 6.43. The summed E-state index contributed by atoms with van der Waals surface area (Å²) in [5.41, 5.74) is 1.30. The summed E-state index contributed by atoms with van der Waals surface area (Å²) in [7, 11) is 0. The van der Waals surface area contributed by atoms with Crippen LogP contribution in [0.4, 0.5) is 0 Å². The lowest BCUT2D eigenvalue weighted by Crippen LogP contribution is -2.45. The van der Waals surface area contributed by atoms with Crippen molar-refractivity contribution in [1.82, 2.24) is 10.2 Å². The van der Waals surface area contributed by atoms with Crippen LogP contribution in [0.15, 0.2) is 18.2 Å². The van der Waals surface area contributed by atoms with Crippen LogP contribution in [0.2, 0.25) is 10.0 Å². The molecule has 0 aromatic heterocycles. The molecule has 0 unspecified atom stereocenters. The molecule has 2 rings (SSSR count). The van der Waals surface area contributed by atoms with E-state index in [2.05, 4.69) is 23.2 Å². The summed E-state index contributed by atoms with van der Waals surface area (Å²) in [4.78, 5) is 2.58. The molecule has 1 aliphatic heterocycles. The molecule has 0 saturated carbocycles. The van der Waals surface area contributed by atoms with Gasteiger partial charge in [-0.25, -0.2) is 0 Å². The molecule has 0 radical (unpaired) electrons. The van der Waals surface area contributed by atoms with Crippen LogP contribution in [0, 0.1) is 0 Å². The number of nitrogens with one attached hydrogen (secondary N) is 1. The Morgan fingerprint density at radius 1 is 1.09 bits per heavy atom. The number of halogens is 4. The van der Waals surface area contributed by atoms with E-state index >= 15 is 0 Å². The minimum atomic E-state index is 0. The lowest BCUT2D eigenvalue weighted by atomic mass is 9.98. The Morgan fingerprint density at radius 3 is 2.36 bits per heavy atom. The zero-order chi connectivity index (χ0) is 14.4. The van der Waals surface area contributed by atoms with E-state index in [9.17, 15) is 0 Å². The highest BCUT2D eigenvalue weighted by atomic mass is 35.5. The van der Waals surface area contributed by atoms with Crippen LogP contribution in [-0.2, 0) is 0 Å². The number of hydrogen-bond donors (Lipinski definition) is 1. The molecule has 2 nitrogen and oxygen atoms in total. The summed E-state index contributed by atoms with van der Waals surface area (Å²) >= 11 is 12.2. The third-order valence-electron chi connectivity index (χ3n) is 4.00. The van der Waals surface area contributed by atoms with Gasteiger partial charge < -0.3 is 5.32 Å². The van der Waals surface area contributed by atoms with Gasteiger partial charge in [-0.2, -0.15) is 0 Å². The van der Waals surface area contributed by atoms with E-state index in [0.717, 1.165) is 26.2 Å². The van der Waals surface area contributed by atoms with E-state index in [1.807, 2.05) is 12.1 Å². The van der Waals surface area contributed by atoms with Gasteiger partial charge in [0.2, 0.25) is 0 Å². The van der Waals surface area contributed by atoms with E-state index < -0.39 is 0 Å². The van der Waals surface area contributed by atoms with Crippen molar-refractivity contribution < 1.29 is 0 Å². The second-order valence-corrected chi connectivity index (χ2v) is 6.29. The second-order valence-electron chi connectivity index (χ2n) is 5.47. The maximum absolute atomic E-state index is 6.20. The van der Waals surface area contributed by atoms with Crippen molar-refractivity contribution in [3.8, 4) is 0 Å². The van der Waals surface area contributed by atoms with Crippen LogP contribution in [0.25, 0.3) is 0 Å². The first-order valence-electron chi connectivity index (χ1n) is 7.62. The first-order valence-corrected chi connectivity index (χ1v) is 8.37. The van der Waals surface area contributed by atoms with E-state index in [0.29, 0.717) is 16.1 Å². The third-order valence-corrected chi connectivity index (χ3v) is 4.74. The summed E-state index contributed by atoms with van der Waals surface area (Å²) in [5.74, 6) is 0. The molecular weight excluding hydrogens is 362 g/mol. The van der Waals surface area contributed by atoms with Gasteiger partial charge in [0.25, 0.3) is 0 Å². The van der Waals surface area contributed by atoms with Gasteiger partial charge in [-0.05, 0) is 24.1 Å². The molecule has 128 valence electrons. The van der Waals surface area contributed by atoms with Crippen LogP contribution in [-0.4, -0.2) is 31.1 Å². The average molecular weight is 388 g/mol. The normalized spacial score (nSPS) is 16.5. The van der Waals surface area contributed by atoms with Gasteiger partial charge in [-0.1, -0.05) is 55.5 Å². The maximum atomic E-state index is 6.20. The van der Waals surface area contributed by atoms with Crippen molar-refractivity contribution in [1.29, 1.82) is 0 Å². The number of piperazine rings is 1. The highest BCUT2D eigenvalue weighted by molar-refractivity contribution is 6.42. The molecule has 0 bridgehead atoms. The molecule has 1 aliphatic rings. The lowest BCUT2D eigenvalue weighted by Gasteiger charge is -2.35. The highest BCUT2D eigenvalue weighted by Crippen LogP contribution is 2.31. The predicted octanol–water partition coefficient (Wildman–Crippen LogP) is 5.36. The van der Waals surface area contributed by atoms with Gasteiger partial charge in [0, 0.05) is 32.2 Å². The Bertz CT molecular complexity index is 423. The topological polar surface area (TPSA) is 15.3 Å². The minimum absolute atomic E-state index is 0. The fraction of sp³-hybridized carbons (Fsp3) is 0.625. The predicted molar refractivity (Wildman–Crippen MR) is 102 cm³/mol. The standard InChI is InChI=1S/C16H24Cl2N2.2ClH/c1-2-3-4-5-16(20-10-8-19-9-11-20)13-6-7-14(17)15(18)12-13;;/h6-7,12,16,19H,2-5,8-11H2,1H3;2*1H/t16-;;/m1../s1. The lowest BCUT2D eigenvalue weighted by molar-refractivity contribution is 0.163. The zero-order valence-electron chi connectivity index (χ0n) is 13.0. The Labute approximate surface area is 156 Å². The molecule has 1 aromatic rings. The summed E-state index contributed by atoms with van der Waals surface area (Å²) < 4.78 is 0. The highest BCUT2D eigenvalue weighted by Gasteiger charge is 2.22. The van der Waals surface area contributed by atoms with Crippen LogP contribution >= 0.6 is 48.0 Å². The van der Waals surface area contributed by atoms with Gasteiger partial charge in [0.15, 0.2) is 0 Å². The average Bonchev–Trinajstić information content (AvgIpc) is 2.48. The molecule has 22 heavy (non-hydrogen) atoms. The molecule has 1 saturated heterocycles. The molecule has 0 amide bonds. The van der Waals surface area contributed by atoms with Crippen LogP contribution in [0.5, 0.6) is 0 Å². The number of unbranched alkanes of at least 4 members (excludes halogenated alkanes) is 2. The van der Waals surface area contributed by atoms with E-state index in [-0.39, 0.29) is 24.8 Å². The van der Waals surface area contributed by atoms with Crippen molar-refractivity contribution in [2.45, 2.75) is 38.6 Å². The van der Waals surface area contributed by atoms with Crippen LogP contribution in [0.1, 0.15) is 44.2 Å². The van der Waals surface area contributed by atoms with Crippen LogP contribution < -0.4 is 5.32 Å². The summed E-state index contributed by atoms with van der Waals surface area (Å²) in [6.45, 7) is 6.62. The molecule has 1 N–H and O–H groups in total. The van der Waals surface area contributed by atoms with Crippen molar-refractivity contribution in [3.63, 3.8) is 0 Å². The number of hydrogen-bond acceptors (Lipinski definition) is 2. The Balaban J connectivity index is 0.00000220. The first kappa shape index (κ1) is 22.3. The molecule has 1 atom stereocenters. The molecule has 0 aliphatic carbocycles. The van der Waals surface area contributed by atoms with E-state index in [1.54, 1.807) is 0 Å². The van der Waals surface area contributed by atoms with E-state index in [4.69, 9.17) is 23.2 Å². The van der Waals surface area contributed by atoms with Crippen molar-refractivity contribution in [2.75, 3.05) is 26.2 Å². The summed E-state index contributed by atoms with van der Waals surface area (Å²) in [6, 6.07) is 6.57. The SMILES string of the molecule is CCCCC[C@H](c1ccc(Cl)c(Cl)c1)N1CCNCC1.Cl.Cl. The van der Waals surface area contributed by atoms with Crippen molar-refractivity contribution in [2.24, 2.45) is 0 Å². The van der Waals surface area contributed by atoms with Gasteiger partial charge in [-0.3, -0.25) is 4.90 Å². The summed E-state index contributed by atoms with van der Waals surface area (Å²) in [6.07, 6.45) is 5.02. The molecule has 6 heteroatoms. The van der Waals surface area contributed by atoms with Crippen molar-refractivity contribution in [3.05, 3.63) is 33.8 Å². The second kappa shape index (κ2) is 11.8. The quantitative estimate of drug-likeness (QED) is 0.660. The fourth-order valence-electron chi connectivity index (χ4n) is 2.86. The van der Waals surface area contributed by atoms with Gasteiger partial charge >= 0.3 is 0 Å². The van der Waals surface area contributed by atoms with Crippen LogP contribution in [0.3, 0.4) is 0 Å². The van der Waals surface area contributed by atoms with E-state index in [1.165, 1.54) is 31.2 Å². The zero-order valence-corrected chi connectivity index (χ0v) is 16.1. The maximum Gasteiger partial charge on any atom is 0.0595 e. The number of benzene rings is 1. The Kier molecular flexibility index (Phi) is 11.9. The number of rotatable bonds is 6. The largest absolute Gasteiger partial charge is 0.314 e. The molecule has 0 spiro atoms. The monoisotopic (exact) mass is 386 g/mol. The molecule has 1 fully saturated rings. The minimum Gasteiger partial charge on any atom is -0.314 e. The van der Waals surface area contributed by atoms with Gasteiger partial charge in [0.1, 0.15) is 0 Å². The number of nitrogens with zero attached hydrogens (tertiary/aromatic N) is 1. The first-order chi connectivity index (χ1) is 9.72. The van der Waals surface area contributed by atoms with Gasteiger partial charge in [-0.15, -0.1) is 24.8 Å². The fourth-order valence-corrected chi connectivity index (χ4v) is 3.17. The molecular formula is C16H26Cl4N2. The van der Waals surface area contributed by atoms with Crippen molar-refractivity contribution >= 4 is 48.0 Å². The molecule has 1 heterocycles. The smallest absolute Gasteiger partial charge is 0.0595 e. The molecule has 1 aromatic carbocycles. The summed E-state index contributed by atoms with van der Waals surface area (Å²) in [5, 5.41) is 4.73.